The number of rotatable bonds is 5. The molecule has 1 rings (SSSR count). The molecule has 0 spiro atoms. The number of carbonyl (C=O) groups excluding carboxylic acids is 1. The van der Waals surface area contributed by atoms with Crippen LogP contribution in [-0.2, 0) is 11.2 Å². The molecule has 0 bridgehead atoms. The van der Waals surface area contributed by atoms with E-state index >= 15 is 0 Å². The topological polar surface area (TPSA) is 65.2 Å². The van der Waals surface area contributed by atoms with E-state index in [1.807, 2.05) is 20.8 Å². The molecule has 1 atom stereocenters. The van der Waals surface area contributed by atoms with Gasteiger partial charge in [-0.1, -0.05) is 13.8 Å². The maximum absolute atomic E-state index is 11.7. The van der Waals surface area contributed by atoms with E-state index in [0.29, 0.717) is 24.6 Å². The van der Waals surface area contributed by atoms with Gasteiger partial charge in [0.05, 0.1) is 5.01 Å². The zero-order chi connectivity index (χ0) is 12.1. The van der Waals surface area contributed by atoms with Crippen molar-refractivity contribution in [2.45, 2.75) is 33.3 Å². The molecule has 0 aliphatic heterocycles. The van der Waals surface area contributed by atoms with Crippen molar-refractivity contribution in [1.82, 2.24) is 4.98 Å². The minimum Gasteiger partial charge on any atom is -0.458 e. The van der Waals surface area contributed by atoms with Crippen molar-refractivity contribution >= 4 is 17.3 Å². The molecule has 0 radical (unpaired) electrons. The summed E-state index contributed by atoms with van der Waals surface area (Å²) in [7, 11) is 0. The molecule has 0 saturated carbocycles. The fraction of sp³-hybridized carbons (Fsp3) is 0.636. The summed E-state index contributed by atoms with van der Waals surface area (Å²) in [5, 5.41) is 2.60. The second-order valence-corrected chi connectivity index (χ2v) is 4.96. The summed E-state index contributed by atoms with van der Waals surface area (Å²) in [5.74, 6) is -0.0354. The van der Waals surface area contributed by atoms with E-state index in [4.69, 9.17) is 10.5 Å². The Morgan fingerprint density at radius 2 is 2.25 bits per heavy atom. The van der Waals surface area contributed by atoms with Crippen molar-refractivity contribution in [1.29, 1.82) is 0 Å². The van der Waals surface area contributed by atoms with Crippen molar-refractivity contribution in [2.24, 2.45) is 11.7 Å². The van der Waals surface area contributed by atoms with E-state index in [0.717, 1.165) is 5.01 Å². The summed E-state index contributed by atoms with van der Waals surface area (Å²) >= 11 is 1.45. The molecule has 1 aromatic heterocycles. The molecule has 0 aromatic carbocycles. The second kappa shape index (κ2) is 5.96. The molecule has 0 fully saturated rings. The zero-order valence-electron chi connectivity index (χ0n) is 9.90. The highest BCUT2D eigenvalue weighted by molar-refractivity contribution is 7.09. The average molecular weight is 242 g/mol. The van der Waals surface area contributed by atoms with Crippen LogP contribution in [0.1, 0.15) is 36.3 Å². The first-order valence-corrected chi connectivity index (χ1v) is 6.28. The molecule has 0 amide bonds. The molecule has 0 saturated heterocycles. The minimum atomic E-state index is -0.347. The Balaban J connectivity index is 2.59. The van der Waals surface area contributed by atoms with E-state index in [1.54, 1.807) is 5.38 Å². The second-order valence-electron chi connectivity index (χ2n) is 4.02. The molecular weight excluding hydrogens is 224 g/mol. The molecule has 0 aliphatic rings. The zero-order valence-corrected chi connectivity index (χ0v) is 10.7. The van der Waals surface area contributed by atoms with Crippen molar-refractivity contribution in [2.75, 3.05) is 6.54 Å². The summed E-state index contributed by atoms with van der Waals surface area (Å²) in [6.45, 7) is 6.46. The lowest BCUT2D eigenvalue weighted by molar-refractivity contribution is 0.0232. The van der Waals surface area contributed by atoms with Crippen LogP contribution in [0.4, 0.5) is 0 Å². The Bertz CT molecular complexity index is 350. The molecule has 1 unspecified atom stereocenters. The van der Waals surface area contributed by atoms with Gasteiger partial charge in [-0.3, -0.25) is 0 Å². The molecule has 4 nitrogen and oxygen atoms in total. The predicted molar refractivity (Wildman–Crippen MR) is 64.6 cm³/mol. The van der Waals surface area contributed by atoms with E-state index in [9.17, 15) is 4.79 Å². The number of nitrogens with two attached hydrogens (primary N) is 1. The van der Waals surface area contributed by atoms with Crippen LogP contribution in [0.2, 0.25) is 0 Å². The maximum Gasteiger partial charge on any atom is 0.358 e. The van der Waals surface area contributed by atoms with Gasteiger partial charge in [0.1, 0.15) is 6.10 Å². The van der Waals surface area contributed by atoms with Crippen LogP contribution in [0.25, 0.3) is 0 Å². The highest BCUT2D eigenvalue weighted by atomic mass is 32.1. The number of ether oxygens (including phenoxy) is 1. The smallest absolute Gasteiger partial charge is 0.358 e. The third-order valence-corrected chi connectivity index (χ3v) is 3.26. The fourth-order valence-electron chi connectivity index (χ4n) is 1.01. The van der Waals surface area contributed by atoms with Gasteiger partial charge in [-0.05, 0) is 19.4 Å². The number of thiazole rings is 1. The van der Waals surface area contributed by atoms with Crippen molar-refractivity contribution in [3.63, 3.8) is 0 Å². The third kappa shape index (κ3) is 3.57. The van der Waals surface area contributed by atoms with Crippen LogP contribution in [0.3, 0.4) is 0 Å². The van der Waals surface area contributed by atoms with Crippen molar-refractivity contribution in [3.05, 3.63) is 16.1 Å². The van der Waals surface area contributed by atoms with Gasteiger partial charge in [-0.25, -0.2) is 9.78 Å². The van der Waals surface area contributed by atoms with Crippen LogP contribution in [0.15, 0.2) is 5.38 Å². The minimum absolute atomic E-state index is 0.0906. The molecule has 16 heavy (non-hydrogen) atoms. The Hall–Kier alpha value is -0.940. The first-order chi connectivity index (χ1) is 7.54. The molecular formula is C11H18N2O2S. The summed E-state index contributed by atoms with van der Waals surface area (Å²) in [6, 6.07) is 0. The van der Waals surface area contributed by atoms with Gasteiger partial charge in [0.2, 0.25) is 0 Å². The summed E-state index contributed by atoms with van der Waals surface area (Å²) in [6.07, 6.45) is 0.615. The van der Waals surface area contributed by atoms with Gasteiger partial charge < -0.3 is 10.5 Å². The maximum atomic E-state index is 11.7. The van der Waals surface area contributed by atoms with E-state index in [1.165, 1.54) is 11.3 Å². The number of aromatic nitrogens is 1. The normalized spacial score (nSPS) is 12.8. The first-order valence-electron chi connectivity index (χ1n) is 5.40. The number of hydrogen-bond donors (Lipinski definition) is 1. The quantitative estimate of drug-likeness (QED) is 0.800. The van der Waals surface area contributed by atoms with Crippen molar-refractivity contribution < 1.29 is 9.53 Å². The Morgan fingerprint density at radius 3 is 2.81 bits per heavy atom. The monoisotopic (exact) mass is 242 g/mol. The number of nitrogens with zero attached hydrogens (tertiary/aromatic N) is 1. The van der Waals surface area contributed by atoms with Gasteiger partial charge in [-0.2, -0.15) is 0 Å². The predicted octanol–water partition coefficient (Wildman–Crippen LogP) is 1.85. The van der Waals surface area contributed by atoms with E-state index in [2.05, 4.69) is 4.98 Å². The Kier molecular flexibility index (Phi) is 4.89. The molecule has 2 N–H and O–H groups in total. The number of carbonyl (C=O) groups is 1. The highest BCUT2D eigenvalue weighted by Crippen LogP contribution is 2.13. The van der Waals surface area contributed by atoms with E-state index < -0.39 is 0 Å². The lowest BCUT2D eigenvalue weighted by atomic mass is 10.1. The summed E-state index contributed by atoms with van der Waals surface area (Å²) in [5.41, 5.74) is 5.81. The van der Waals surface area contributed by atoms with Crippen LogP contribution < -0.4 is 5.73 Å². The lowest BCUT2D eigenvalue weighted by Crippen LogP contribution is -2.20. The molecule has 90 valence electrons. The van der Waals surface area contributed by atoms with Gasteiger partial charge in [0.15, 0.2) is 5.69 Å². The van der Waals surface area contributed by atoms with Gasteiger partial charge in [0.25, 0.3) is 0 Å². The Morgan fingerprint density at radius 1 is 1.56 bits per heavy atom. The van der Waals surface area contributed by atoms with Gasteiger partial charge in [-0.15, -0.1) is 11.3 Å². The molecule has 1 heterocycles. The lowest BCUT2D eigenvalue weighted by Gasteiger charge is -2.15. The molecule has 0 aliphatic carbocycles. The standard InChI is InChI=1S/C11H18N2O2S/c1-7(2)8(3)15-11(14)9-6-16-10(13-9)4-5-12/h6-8H,4-5,12H2,1-3H3. The average Bonchev–Trinajstić information content (AvgIpc) is 2.66. The first kappa shape index (κ1) is 13.1. The number of esters is 1. The van der Waals surface area contributed by atoms with Crippen LogP contribution in [0.5, 0.6) is 0 Å². The SMILES string of the molecule is CC(C)C(C)OC(=O)c1csc(CCN)n1. The van der Waals surface area contributed by atoms with Crippen LogP contribution >= 0.6 is 11.3 Å². The summed E-state index contributed by atoms with van der Waals surface area (Å²) in [4.78, 5) is 15.8. The number of hydrogen-bond acceptors (Lipinski definition) is 5. The third-order valence-electron chi connectivity index (χ3n) is 2.35. The van der Waals surface area contributed by atoms with Gasteiger partial charge in [0, 0.05) is 11.8 Å². The van der Waals surface area contributed by atoms with Crippen LogP contribution in [0, 0.1) is 5.92 Å². The van der Waals surface area contributed by atoms with Crippen molar-refractivity contribution in [3.8, 4) is 0 Å². The molecule has 1 aromatic rings. The van der Waals surface area contributed by atoms with Crippen LogP contribution in [-0.4, -0.2) is 23.6 Å². The van der Waals surface area contributed by atoms with Gasteiger partial charge >= 0.3 is 5.97 Å². The molecule has 5 heteroatoms. The Labute approximate surface area is 99.8 Å². The van der Waals surface area contributed by atoms with E-state index in [-0.39, 0.29) is 12.1 Å². The largest absolute Gasteiger partial charge is 0.458 e. The fourth-order valence-corrected chi connectivity index (χ4v) is 1.79. The summed E-state index contributed by atoms with van der Waals surface area (Å²) < 4.78 is 5.26. The highest BCUT2D eigenvalue weighted by Gasteiger charge is 2.17.